The van der Waals surface area contributed by atoms with Crippen LogP contribution in [-0.2, 0) is 9.84 Å². The van der Waals surface area contributed by atoms with Crippen LogP contribution >= 0.6 is 0 Å². The van der Waals surface area contributed by atoms with Gasteiger partial charge in [-0.3, -0.25) is 4.79 Å². The van der Waals surface area contributed by atoms with Crippen molar-refractivity contribution in [1.29, 1.82) is 0 Å². The molecule has 1 atom stereocenters. The number of ether oxygens (including phenoxy) is 1. The summed E-state index contributed by atoms with van der Waals surface area (Å²) in [5.41, 5.74) is 1.45. The second kappa shape index (κ2) is 8.13. The number of carbonyl (C=O) groups is 1. The summed E-state index contributed by atoms with van der Waals surface area (Å²) in [5, 5.41) is 2.27. The zero-order chi connectivity index (χ0) is 19.4. The largest absolute Gasteiger partial charge is 0.456 e. The maximum Gasteiger partial charge on any atom is 0.255 e. The van der Waals surface area contributed by atoms with Gasteiger partial charge in [-0.15, -0.1) is 0 Å². The van der Waals surface area contributed by atoms with Crippen molar-refractivity contribution in [3.63, 3.8) is 0 Å². The summed E-state index contributed by atoms with van der Waals surface area (Å²) in [7, 11) is -3.08. The van der Waals surface area contributed by atoms with Crippen molar-refractivity contribution in [2.75, 3.05) is 12.3 Å². The molecule has 1 N–H and O–H groups in total. The molecule has 1 aliphatic rings. The van der Waals surface area contributed by atoms with Crippen molar-refractivity contribution in [3.8, 4) is 11.5 Å². The lowest BCUT2D eigenvalue weighted by molar-refractivity contribution is 0.0951. The predicted molar refractivity (Wildman–Crippen MR) is 106 cm³/mol. The number of carbonyl (C=O) groups excluding carboxylic acids is 1. The highest BCUT2D eigenvalue weighted by Gasteiger charge is 2.31. The van der Waals surface area contributed by atoms with Gasteiger partial charge in [0, 0.05) is 6.54 Å². The number of hydrogen-bond acceptors (Lipinski definition) is 4. The van der Waals surface area contributed by atoms with Crippen LogP contribution in [0, 0.1) is 0 Å². The minimum atomic E-state index is -3.08. The minimum absolute atomic E-state index is 0.137. The van der Waals surface area contributed by atoms with Crippen molar-refractivity contribution in [2.45, 2.75) is 37.9 Å². The predicted octanol–water partition coefficient (Wildman–Crippen LogP) is 3.91. The number of nitrogens with one attached hydrogen (secondary N) is 1. The summed E-state index contributed by atoms with van der Waals surface area (Å²) in [6, 6.07) is 14.8. The molecule has 5 nitrogen and oxygen atoms in total. The standard InChI is InChI=1S/C21H25NO4S/c1-15(2)17-9-3-5-11-19(17)26-20-12-6-4-10-18(20)21(23)22-14-16-8-7-13-27(16,24)25/h3-6,9-12,15-16H,7-8,13-14H2,1-2H3,(H,22,23). The Bertz CT molecular complexity index is 921. The average Bonchev–Trinajstić information content (AvgIpc) is 2.98. The van der Waals surface area contributed by atoms with Crippen LogP contribution in [0.15, 0.2) is 48.5 Å². The van der Waals surface area contributed by atoms with Gasteiger partial charge in [0.05, 0.1) is 16.6 Å². The lowest BCUT2D eigenvalue weighted by atomic mass is 10.0. The summed E-state index contributed by atoms with van der Waals surface area (Å²) < 4.78 is 29.9. The highest BCUT2D eigenvalue weighted by atomic mass is 32.2. The Morgan fingerprint density at radius 3 is 2.44 bits per heavy atom. The van der Waals surface area contributed by atoms with Crippen molar-refractivity contribution >= 4 is 15.7 Å². The van der Waals surface area contributed by atoms with Crippen LogP contribution in [0.1, 0.15) is 48.5 Å². The van der Waals surface area contributed by atoms with Crippen LogP contribution in [-0.4, -0.2) is 31.9 Å². The average molecular weight is 388 g/mol. The van der Waals surface area contributed by atoms with Crippen molar-refractivity contribution < 1.29 is 17.9 Å². The maximum atomic E-state index is 12.7. The molecule has 27 heavy (non-hydrogen) atoms. The van der Waals surface area contributed by atoms with E-state index in [9.17, 15) is 13.2 Å². The molecule has 1 unspecified atom stereocenters. The van der Waals surface area contributed by atoms with Crippen LogP contribution in [0.4, 0.5) is 0 Å². The Morgan fingerprint density at radius 1 is 1.11 bits per heavy atom. The zero-order valence-electron chi connectivity index (χ0n) is 15.6. The van der Waals surface area contributed by atoms with Gasteiger partial charge in [0.1, 0.15) is 11.5 Å². The van der Waals surface area contributed by atoms with Crippen LogP contribution < -0.4 is 10.1 Å². The number of amides is 1. The smallest absolute Gasteiger partial charge is 0.255 e. The molecule has 6 heteroatoms. The van der Waals surface area contributed by atoms with E-state index >= 15 is 0 Å². The lowest BCUT2D eigenvalue weighted by Gasteiger charge is -2.16. The quantitative estimate of drug-likeness (QED) is 0.816. The molecule has 0 aromatic heterocycles. The minimum Gasteiger partial charge on any atom is -0.456 e. The van der Waals surface area contributed by atoms with E-state index < -0.39 is 15.1 Å². The van der Waals surface area contributed by atoms with Gasteiger partial charge in [0.25, 0.3) is 5.91 Å². The van der Waals surface area contributed by atoms with E-state index in [1.165, 1.54) is 0 Å². The number of sulfone groups is 1. The second-order valence-corrected chi connectivity index (χ2v) is 9.53. The highest BCUT2D eigenvalue weighted by Crippen LogP contribution is 2.32. The Labute approximate surface area is 160 Å². The third-order valence-electron chi connectivity index (χ3n) is 4.85. The van der Waals surface area contributed by atoms with Gasteiger partial charge >= 0.3 is 0 Å². The molecule has 0 bridgehead atoms. The summed E-state index contributed by atoms with van der Waals surface area (Å²) in [4.78, 5) is 12.7. The topological polar surface area (TPSA) is 72.5 Å². The SMILES string of the molecule is CC(C)c1ccccc1Oc1ccccc1C(=O)NCC1CCCS1(=O)=O. The molecule has 2 aromatic rings. The fourth-order valence-electron chi connectivity index (χ4n) is 3.30. The monoisotopic (exact) mass is 387 g/mol. The van der Waals surface area contributed by atoms with E-state index in [0.29, 0.717) is 29.9 Å². The van der Waals surface area contributed by atoms with Crippen molar-refractivity contribution in [2.24, 2.45) is 0 Å². The van der Waals surface area contributed by atoms with Crippen molar-refractivity contribution in [3.05, 3.63) is 59.7 Å². The normalized spacial score (nSPS) is 18.4. The molecule has 1 amide bonds. The second-order valence-electron chi connectivity index (χ2n) is 7.13. The van der Waals surface area contributed by atoms with Gasteiger partial charge in [-0.1, -0.05) is 44.2 Å². The summed E-state index contributed by atoms with van der Waals surface area (Å²) in [6.07, 6.45) is 1.26. The van der Waals surface area contributed by atoms with Crippen LogP contribution in [0.3, 0.4) is 0 Å². The lowest BCUT2D eigenvalue weighted by Crippen LogP contribution is -2.34. The fourth-order valence-corrected chi connectivity index (χ4v) is 5.07. The van der Waals surface area contributed by atoms with E-state index in [1.54, 1.807) is 18.2 Å². The third kappa shape index (κ3) is 4.50. The van der Waals surface area contributed by atoms with Gasteiger partial charge in [0.15, 0.2) is 9.84 Å². The molecule has 1 fully saturated rings. The Hall–Kier alpha value is -2.34. The van der Waals surface area contributed by atoms with Gasteiger partial charge in [-0.25, -0.2) is 8.42 Å². The first-order valence-corrected chi connectivity index (χ1v) is 11.0. The Morgan fingerprint density at radius 2 is 1.78 bits per heavy atom. The highest BCUT2D eigenvalue weighted by molar-refractivity contribution is 7.92. The third-order valence-corrected chi connectivity index (χ3v) is 7.12. The molecular formula is C21H25NO4S. The fraction of sp³-hybridized carbons (Fsp3) is 0.381. The summed E-state index contributed by atoms with van der Waals surface area (Å²) in [5.74, 6) is 1.34. The van der Waals surface area contributed by atoms with Crippen molar-refractivity contribution in [1.82, 2.24) is 5.32 Å². The van der Waals surface area contributed by atoms with E-state index in [1.807, 2.05) is 30.3 Å². The van der Waals surface area contributed by atoms with Gasteiger partial charge in [-0.05, 0) is 42.5 Å². The van der Waals surface area contributed by atoms with Crippen LogP contribution in [0.5, 0.6) is 11.5 Å². The molecule has 0 saturated carbocycles. The first kappa shape index (κ1) is 19.4. The first-order chi connectivity index (χ1) is 12.9. The number of hydrogen-bond donors (Lipinski definition) is 1. The molecular weight excluding hydrogens is 362 g/mol. The van der Waals surface area contributed by atoms with Crippen LogP contribution in [0.2, 0.25) is 0 Å². The molecule has 1 aliphatic heterocycles. The Balaban J connectivity index is 1.77. The Kier molecular flexibility index (Phi) is 5.85. The maximum absolute atomic E-state index is 12.7. The van der Waals surface area contributed by atoms with Gasteiger partial charge in [-0.2, -0.15) is 0 Å². The zero-order valence-corrected chi connectivity index (χ0v) is 16.5. The number of rotatable bonds is 6. The molecule has 0 radical (unpaired) electrons. The summed E-state index contributed by atoms with van der Waals surface area (Å²) in [6.45, 7) is 4.31. The molecule has 0 spiro atoms. The van der Waals surface area contributed by atoms with E-state index in [2.05, 4.69) is 19.2 Å². The summed E-state index contributed by atoms with van der Waals surface area (Å²) >= 11 is 0. The number of para-hydroxylation sites is 2. The van der Waals surface area contributed by atoms with Crippen LogP contribution in [0.25, 0.3) is 0 Å². The molecule has 144 valence electrons. The molecule has 3 rings (SSSR count). The van der Waals surface area contributed by atoms with E-state index in [0.717, 1.165) is 5.56 Å². The van der Waals surface area contributed by atoms with Gasteiger partial charge < -0.3 is 10.1 Å². The molecule has 2 aromatic carbocycles. The van der Waals surface area contributed by atoms with E-state index in [-0.39, 0.29) is 24.1 Å². The first-order valence-electron chi connectivity index (χ1n) is 9.24. The molecule has 1 saturated heterocycles. The molecule has 1 heterocycles. The molecule has 0 aliphatic carbocycles. The van der Waals surface area contributed by atoms with E-state index in [4.69, 9.17) is 4.74 Å². The number of benzene rings is 2. The van der Waals surface area contributed by atoms with Gasteiger partial charge in [0.2, 0.25) is 0 Å².